The van der Waals surface area contributed by atoms with Gasteiger partial charge < -0.3 is 13.9 Å². The van der Waals surface area contributed by atoms with Crippen molar-refractivity contribution in [1.29, 1.82) is 0 Å². The van der Waals surface area contributed by atoms with Gasteiger partial charge >= 0.3 is 6.18 Å². The first kappa shape index (κ1) is 22.0. The maximum atomic E-state index is 13.9. The maximum absolute atomic E-state index is 13.9. The fraction of sp³-hybridized carbons (Fsp3) is 0.125. The summed E-state index contributed by atoms with van der Waals surface area (Å²) < 4.78 is 58.6. The van der Waals surface area contributed by atoms with E-state index in [-0.39, 0.29) is 34.6 Å². The van der Waals surface area contributed by atoms with Crippen molar-refractivity contribution in [3.8, 4) is 22.6 Å². The number of methoxy groups -OCH3 is 1. The summed E-state index contributed by atoms with van der Waals surface area (Å²) in [7, 11) is 1.32. The summed E-state index contributed by atoms with van der Waals surface area (Å²) >= 11 is 3.35. The van der Waals surface area contributed by atoms with E-state index in [1.165, 1.54) is 43.5 Å². The lowest BCUT2D eigenvalue weighted by atomic mass is 10.0. The first-order valence-corrected chi connectivity index (χ1v) is 10.3. The van der Waals surface area contributed by atoms with Crippen LogP contribution in [-0.4, -0.2) is 7.11 Å². The van der Waals surface area contributed by atoms with Crippen LogP contribution in [0, 0.1) is 0 Å². The molecular formula is C24H16BrF3O4. The highest BCUT2D eigenvalue weighted by Gasteiger charge is 2.40. The molecule has 0 aliphatic rings. The lowest BCUT2D eigenvalue weighted by Gasteiger charge is -2.15. The third-order valence-corrected chi connectivity index (χ3v) is 5.35. The second-order valence-corrected chi connectivity index (χ2v) is 7.82. The SMILES string of the molecule is COc1ccccc1-c1c(C(F)(F)F)oc2cc(OCc3ccc(Br)cc3)ccc2c1=O. The Balaban J connectivity index is 1.81. The molecule has 3 aromatic carbocycles. The molecule has 0 aliphatic carbocycles. The Bertz CT molecular complexity index is 1330. The Kier molecular flexibility index (Phi) is 5.97. The van der Waals surface area contributed by atoms with Crippen molar-refractivity contribution < 1.29 is 27.1 Å². The molecular weight excluding hydrogens is 489 g/mol. The summed E-state index contributed by atoms with van der Waals surface area (Å²) in [6.45, 7) is 0.203. The quantitative estimate of drug-likeness (QED) is 0.299. The summed E-state index contributed by atoms with van der Waals surface area (Å²) in [4.78, 5) is 13.1. The molecule has 0 bridgehead atoms. The normalized spacial score (nSPS) is 11.5. The van der Waals surface area contributed by atoms with Crippen LogP contribution in [0.5, 0.6) is 11.5 Å². The largest absolute Gasteiger partial charge is 0.496 e. The molecule has 32 heavy (non-hydrogen) atoms. The van der Waals surface area contributed by atoms with E-state index >= 15 is 0 Å². The van der Waals surface area contributed by atoms with Gasteiger partial charge in [-0.05, 0) is 35.9 Å². The molecule has 0 atom stereocenters. The number of fused-ring (bicyclic) bond motifs is 1. The van der Waals surface area contributed by atoms with E-state index in [0.717, 1.165) is 10.0 Å². The monoisotopic (exact) mass is 504 g/mol. The number of hydrogen-bond donors (Lipinski definition) is 0. The van der Waals surface area contributed by atoms with Gasteiger partial charge in [-0.15, -0.1) is 0 Å². The van der Waals surface area contributed by atoms with Gasteiger partial charge in [-0.25, -0.2) is 0 Å². The van der Waals surface area contributed by atoms with E-state index in [0.29, 0.717) is 0 Å². The van der Waals surface area contributed by atoms with Crippen LogP contribution in [0.3, 0.4) is 0 Å². The van der Waals surface area contributed by atoms with Crippen LogP contribution in [0.4, 0.5) is 13.2 Å². The Morgan fingerprint density at radius 2 is 1.72 bits per heavy atom. The van der Waals surface area contributed by atoms with Gasteiger partial charge in [0.25, 0.3) is 0 Å². The Morgan fingerprint density at radius 1 is 1.00 bits per heavy atom. The number of hydrogen-bond acceptors (Lipinski definition) is 4. The summed E-state index contributed by atoms with van der Waals surface area (Å²) in [5, 5.41) is 0.00916. The summed E-state index contributed by atoms with van der Waals surface area (Å²) in [5.41, 5.74) is -0.728. The third-order valence-electron chi connectivity index (χ3n) is 4.82. The van der Waals surface area contributed by atoms with Crippen molar-refractivity contribution in [2.75, 3.05) is 7.11 Å². The molecule has 0 amide bonds. The molecule has 8 heteroatoms. The summed E-state index contributed by atoms with van der Waals surface area (Å²) in [6.07, 6.45) is -4.89. The molecule has 1 aromatic heterocycles. The van der Waals surface area contributed by atoms with E-state index in [1.807, 2.05) is 24.3 Å². The molecule has 0 saturated heterocycles. The predicted molar refractivity (Wildman–Crippen MR) is 118 cm³/mol. The van der Waals surface area contributed by atoms with Crippen LogP contribution in [0.25, 0.3) is 22.1 Å². The Morgan fingerprint density at radius 3 is 2.41 bits per heavy atom. The number of halogens is 4. The minimum atomic E-state index is -4.89. The highest BCUT2D eigenvalue weighted by molar-refractivity contribution is 9.10. The van der Waals surface area contributed by atoms with Crippen molar-refractivity contribution in [1.82, 2.24) is 0 Å². The maximum Gasteiger partial charge on any atom is 0.450 e. The third kappa shape index (κ3) is 4.36. The Hall–Kier alpha value is -3.26. The van der Waals surface area contributed by atoms with Gasteiger partial charge in [-0.2, -0.15) is 13.2 Å². The van der Waals surface area contributed by atoms with Crippen LogP contribution in [0.1, 0.15) is 11.3 Å². The number of alkyl halides is 3. The van der Waals surface area contributed by atoms with Crippen molar-refractivity contribution >= 4 is 26.9 Å². The lowest BCUT2D eigenvalue weighted by molar-refractivity contribution is -0.152. The van der Waals surface area contributed by atoms with Crippen LogP contribution >= 0.6 is 15.9 Å². The van der Waals surface area contributed by atoms with Gasteiger partial charge in [0.2, 0.25) is 11.2 Å². The van der Waals surface area contributed by atoms with Crippen LogP contribution in [0.2, 0.25) is 0 Å². The molecule has 0 saturated carbocycles. The van der Waals surface area contributed by atoms with E-state index < -0.39 is 22.9 Å². The van der Waals surface area contributed by atoms with Gasteiger partial charge in [0.1, 0.15) is 23.7 Å². The second-order valence-electron chi connectivity index (χ2n) is 6.91. The summed E-state index contributed by atoms with van der Waals surface area (Å²) in [5.74, 6) is -0.967. The number of ether oxygens (including phenoxy) is 2. The zero-order valence-corrected chi connectivity index (χ0v) is 18.3. The van der Waals surface area contributed by atoms with E-state index in [2.05, 4.69) is 15.9 Å². The van der Waals surface area contributed by atoms with Gasteiger partial charge in [-0.1, -0.05) is 46.3 Å². The van der Waals surface area contributed by atoms with Crippen molar-refractivity contribution in [3.05, 3.63) is 92.7 Å². The molecule has 0 fully saturated rings. The van der Waals surface area contributed by atoms with Crippen LogP contribution < -0.4 is 14.9 Å². The highest BCUT2D eigenvalue weighted by Crippen LogP contribution is 2.40. The first-order chi connectivity index (χ1) is 15.3. The minimum Gasteiger partial charge on any atom is -0.496 e. The molecule has 164 valence electrons. The molecule has 0 aliphatic heterocycles. The van der Waals surface area contributed by atoms with E-state index in [9.17, 15) is 18.0 Å². The van der Waals surface area contributed by atoms with Crippen molar-refractivity contribution in [3.63, 3.8) is 0 Å². The van der Waals surface area contributed by atoms with Crippen molar-refractivity contribution in [2.24, 2.45) is 0 Å². The molecule has 0 radical (unpaired) electrons. The van der Waals surface area contributed by atoms with Crippen LogP contribution in [-0.2, 0) is 12.8 Å². The average molecular weight is 505 g/mol. The molecule has 4 aromatic rings. The topological polar surface area (TPSA) is 48.7 Å². The molecule has 4 rings (SSSR count). The molecule has 4 nitrogen and oxygen atoms in total. The van der Waals surface area contributed by atoms with E-state index in [1.54, 1.807) is 6.07 Å². The zero-order chi connectivity index (χ0) is 22.9. The zero-order valence-electron chi connectivity index (χ0n) is 16.7. The summed E-state index contributed by atoms with van der Waals surface area (Å²) in [6, 6.07) is 17.6. The first-order valence-electron chi connectivity index (χ1n) is 9.46. The highest BCUT2D eigenvalue weighted by atomic mass is 79.9. The lowest BCUT2D eigenvalue weighted by Crippen LogP contribution is -2.16. The predicted octanol–water partition coefficient (Wildman–Crippen LogP) is 6.83. The average Bonchev–Trinajstić information content (AvgIpc) is 2.78. The standard InChI is InChI=1S/C24H16BrF3O4/c1-30-19-5-3-2-4-17(19)21-22(29)18-11-10-16(12-20(18)32-23(21)24(26,27)28)31-13-14-6-8-15(25)9-7-14/h2-12H,13H2,1H3. The number of rotatable bonds is 5. The van der Waals surface area contributed by atoms with Crippen LogP contribution in [0.15, 0.2) is 80.4 Å². The molecule has 0 unspecified atom stereocenters. The fourth-order valence-corrected chi connectivity index (χ4v) is 3.57. The Labute approximate surface area is 189 Å². The molecule has 0 spiro atoms. The number of benzene rings is 3. The number of para-hydroxylation sites is 1. The molecule has 0 N–H and O–H groups in total. The minimum absolute atomic E-state index is 0.00791. The van der Waals surface area contributed by atoms with Gasteiger partial charge in [-0.3, -0.25) is 4.79 Å². The van der Waals surface area contributed by atoms with Crippen molar-refractivity contribution in [2.45, 2.75) is 12.8 Å². The molecule has 1 heterocycles. The fourth-order valence-electron chi connectivity index (χ4n) is 3.31. The van der Waals surface area contributed by atoms with E-state index in [4.69, 9.17) is 13.9 Å². The van der Waals surface area contributed by atoms with Gasteiger partial charge in [0.15, 0.2) is 0 Å². The second kappa shape index (κ2) is 8.70. The van der Waals surface area contributed by atoms with Gasteiger partial charge in [0.05, 0.1) is 18.1 Å². The van der Waals surface area contributed by atoms with Gasteiger partial charge in [0, 0.05) is 16.1 Å². The smallest absolute Gasteiger partial charge is 0.450 e.